The van der Waals surface area contributed by atoms with E-state index in [0.717, 1.165) is 28.0 Å². The monoisotopic (exact) mass is 428 g/mol. The molecule has 0 saturated heterocycles. The number of urea groups is 1. The molecule has 6 heteroatoms. The molecule has 0 bridgehead atoms. The molecule has 32 heavy (non-hydrogen) atoms. The van der Waals surface area contributed by atoms with Gasteiger partial charge in [0.2, 0.25) is 0 Å². The quantitative estimate of drug-likeness (QED) is 0.557. The van der Waals surface area contributed by atoms with Crippen molar-refractivity contribution in [3.63, 3.8) is 0 Å². The first-order valence-corrected chi connectivity index (χ1v) is 10.3. The van der Waals surface area contributed by atoms with Crippen LogP contribution in [0.15, 0.2) is 90.1 Å². The number of hydrogen-bond donors (Lipinski definition) is 2. The van der Waals surface area contributed by atoms with E-state index in [1.54, 1.807) is 14.0 Å². The number of benzene rings is 3. The number of ether oxygens (including phenoxy) is 2. The first-order chi connectivity index (χ1) is 15.5. The Labute approximate surface area is 186 Å². The Balaban J connectivity index is 1.54. The van der Waals surface area contributed by atoms with E-state index in [-0.39, 0.29) is 12.6 Å². The number of hydrogen-bond acceptors (Lipinski definition) is 4. The number of methoxy groups -OCH3 is 1. The smallest absolute Gasteiger partial charge is 0.338 e. The molecule has 0 aromatic heterocycles. The van der Waals surface area contributed by atoms with Crippen LogP contribution in [0.4, 0.5) is 4.79 Å². The topological polar surface area (TPSA) is 76.7 Å². The third kappa shape index (κ3) is 4.64. The van der Waals surface area contributed by atoms with Gasteiger partial charge in [0.25, 0.3) is 0 Å². The molecule has 1 unspecified atom stereocenters. The number of amides is 2. The van der Waals surface area contributed by atoms with Crippen molar-refractivity contribution in [2.45, 2.75) is 19.6 Å². The lowest BCUT2D eigenvalue weighted by Crippen LogP contribution is -2.45. The maximum absolute atomic E-state index is 13.0. The number of carbonyl (C=O) groups excluding carboxylic acids is 2. The van der Waals surface area contributed by atoms with E-state index in [2.05, 4.69) is 10.6 Å². The zero-order valence-corrected chi connectivity index (χ0v) is 17.9. The second-order valence-electron chi connectivity index (χ2n) is 7.48. The highest BCUT2D eigenvalue weighted by molar-refractivity contribution is 5.95. The molecule has 3 aromatic carbocycles. The van der Waals surface area contributed by atoms with E-state index in [9.17, 15) is 9.59 Å². The predicted molar refractivity (Wildman–Crippen MR) is 122 cm³/mol. The van der Waals surface area contributed by atoms with E-state index in [4.69, 9.17) is 9.47 Å². The molecule has 0 spiro atoms. The van der Waals surface area contributed by atoms with Crippen molar-refractivity contribution in [1.29, 1.82) is 0 Å². The molecule has 1 aliphatic rings. The van der Waals surface area contributed by atoms with Gasteiger partial charge >= 0.3 is 12.0 Å². The maximum Gasteiger partial charge on any atom is 0.338 e. The molecule has 0 saturated carbocycles. The van der Waals surface area contributed by atoms with E-state index >= 15 is 0 Å². The van der Waals surface area contributed by atoms with Gasteiger partial charge in [-0.3, -0.25) is 0 Å². The lowest BCUT2D eigenvalue weighted by Gasteiger charge is -2.28. The number of esters is 1. The first kappa shape index (κ1) is 21.2. The molecule has 2 amide bonds. The minimum absolute atomic E-state index is 0.118. The van der Waals surface area contributed by atoms with Crippen molar-refractivity contribution in [2.75, 3.05) is 7.11 Å². The summed E-state index contributed by atoms with van der Waals surface area (Å²) >= 11 is 0. The third-order valence-corrected chi connectivity index (χ3v) is 5.37. The van der Waals surface area contributed by atoms with Crippen LogP contribution in [0.25, 0.3) is 11.1 Å². The predicted octanol–water partition coefficient (Wildman–Crippen LogP) is 4.73. The maximum atomic E-state index is 13.0. The molecule has 0 fully saturated rings. The summed E-state index contributed by atoms with van der Waals surface area (Å²) in [5.41, 5.74) is 4.65. The highest BCUT2D eigenvalue weighted by Gasteiger charge is 2.32. The molecule has 3 aromatic rings. The van der Waals surface area contributed by atoms with Crippen LogP contribution in [0.2, 0.25) is 0 Å². The fourth-order valence-electron chi connectivity index (χ4n) is 3.66. The van der Waals surface area contributed by atoms with Crippen LogP contribution in [0.5, 0.6) is 5.75 Å². The summed E-state index contributed by atoms with van der Waals surface area (Å²) in [7, 11) is 1.60. The minimum Gasteiger partial charge on any atom is -0.497 e. The molecule has 1 aliphatic heterocycles. The van der Waals surface area contributed by atoms with Crippen LogP contribution in [0, 0.1) is 0 Å². The molecule has 0 aliphatic carbocycles. The highest BCUT2D eigenvalue weighted by Crippen LogP contribution is 2.30. The van der Waals surface area contributed by atoms with Crippen molar-refractivity contribution < 1.29 is 19.1 Å². The Hall–Kier alpha value is -4.06. The van der Waals surface area contributed by atoms with Crippen LogP contribution in [0.1, 0.15) is 24.1 Å². The van der Waals surface area contributed by atoms with E-state index in [1.807, 2.05) is 78.9 Å². The summed E-state index contributed by atoms with van der Waals surface area (Å²) in [6.45, 7) is 1.82. The number of rotatable bonds is 6. The Bertz CT molecular complexity index is 1140. The molecule has 1 heterocycles. The second kappa shape index (κ2) is 9.39. The van der Waals surface area contributed by atoms with Crippen LogP contribution < -0.4 is 15.4 Å². The Morgan fingerprint density at radius 1 is 0.906 bits per heavy atom. The van der Waals surface area contributed by atoms with Crippen molar-refractivity contribution in [3.8, 4) is 16.9 Å². The molecule has 162 valence electrons. The zero-order valence-electron chi connectivity index (χ0n) is 17.9. The average molecular weight is 428 g/mol. The molecule has 0 radical (unpaired) electrons. The largest absolute Gasteiger partial charge is 0.497 e. The van der Waals surface area contributed by atoms with Crippen molar-refractivity contribution in [2.24, 2.45) is 0 Å². The first-order valence-electron chi connectivity index (χ1n) is 10.3. The normalized spacial score (nSPS) is 15.6. The van der Waals surface area contributed by atoms with Gasteiger partial charge in [0, 0.05) is 5.70 Å². The molecule has 1 atom stereocenters. The Kier molecular flexibility index (Phi) is 6.22. The van der Waals surface area contributed by atoms with Gasteiger partial charge in [-0.2, -0.15) is 0 Å². The summed E-state index contributed by atoms with van der Waals surface area (Å²) in [5.74, 6) is 0.250. The van der Waals surface area contributed by atoms with Gasteiger partial charge in [0.15, 0.2) is 0 Å². The van der Waals surface area contributed by atoms with Crippen LogP contribution in [-0.2, 0) is 16.1 Å². The van der Waals surface area contributed by atoms with Crippen molar-refractivity contribution in [3.05, 3.63) is 101 Å². The van der Waals surface area contributed by atoms with Gasteiger partial charge in [-0.25, -0.2) is 9.59 Å². The fourth-order valence-corrected chi connectivity index (χ4v) is 3.66. The fraction of sp³-hybridized carbons (Fsp3) is 0.154. The van der Waals surface area contributed by atoms with Crippen molar-refractivity contribution >= 4 is 12.0 Å². The second-order valence-corrected chi connectivity index (χ2v) is 7.48. The molecular formula is C26H24N2O4. The summed E-state index contributed by atoms with van der Waals surface area (Å²) in [4.78, 5) is 25.1. The third-order valence-electron chi connectivity index (χ3n) is 5.37. The van der Waals surface area contributed by atoms with Gasteiger partial charge in [0.1, 0.15) is 12.4 Å². The summed E-state index contributed by atoms with van der Waals surface area (Å²) in [5, 5.41) is 5.51. The average Bonchev–Trinajstić information content (AvgIpc) is 2.83. The van der Waals surface area contributed by atoms with E-state index < -0.39 is 12.0 Å². The SMILES string of the molecule is COc1ccc(COC(=O)C2=C(C)NC(=O)NC2c2ccc(-c3ccccc3)cc2)cc1. The summed E-state index contributed by atoms with van der Waals surface area (Å²) in [6, 6.07) is 24.2. The van der Waals surface area contributed by atoms with Gasteiger partial charge in [-0.05, 0) is 41.3 Å². The van der Waals surface area contributed by atoms with Gasteiger partial charge in [-0.1, -0.05) is 66.7 Å². The van der Waals surface area contributed by atoms with E-state index in [0.29, 0.717) is 11.3 Å². The number of nitrogens with one attached hydrogen (secondary N) is 2. The van der Waals surface area contributed by atoms with Crippen LogP contribution in [0.3, 0.4) is 0 Å². The summed E-state index contributed by atoms with van der Waals surface area (Å²) in [6.07, 6.45) is 0. The van der Waals surface area contributed by atoms with Gasteiger partial charge in [0.05, 0.1) is 18.7 Å². The zero-order chi connectivity index (χ0) is 22.5. The molecule has 6 nitrogen and oxygen atoms in total. The lowest BCUT2D eigenvalue weighted by atomic mass is 9.94. The standard InChI is InChI=1S/C26H24N2O4/c1-17-23(25(29)32-16-18-8-14-22(31-2)15-9-18)24(28-26(30)27-17)21-12-10-20(11-13-21)19-6-4-3-5-7-19/h3-15,24H,16H2,1-2H3,(H2,27,28,30). The van der Waals surface area contributed by atoms with Gasteiger partial charge < -0.3 is 20.1 Å². The molecular weight excluding hydrogens is 404 g/mol. The Morgan fingerprint density at radius 2 is 1.56 bits per heavy atom. The highest BCUT2D eigenvalue weighted by atomic mass is 16.5. The van der Waals surface area contributed by atoms with Crippen molar-refractivity contribution in [1.82, 2.24) is 10.6 Å². The minimum atomic E-state index is -0.600. The lowest BCUT2D eigenvalue weighted by molar-refractivity contribution is -0.140. The van der Waals surface area contributed by atoms with Gasteiger partial charge in [-0.15, -0.1) is 0 Å². The number of allylic oxidation sites excluding steroid dienone is 1. The Morgan fingerprint density at radius 3 is 2.22 bits per heavy atom. The van der Waals surface area contributed by atoms with E-state index in [1.165, 1.54) is 0 Å². The summed E-state index contributed by atoms with van der Waals surface area (Å²) < 4.78 is 10.7. The van der Waals surface area contributed by atoms with Crippen LogP contribution >= 0.6 is 0 Å². The number of carbonyl (C=O) groups is 2. The molecule has 2 N–H and O–H groups in total. The van der Waals surface area contributed by atoms with Crippen LogP contribution in [-0.4, -0.2) is 19.1 Å². The molecule has 4 rings (SSSR count).